The van der Waals surface area contributed by atoms with Crippen LogP contribution in [0.1, 0.15) is 16.7 Å². The predicted molar refractivity (Wildman–Crippen MR) is 107 cm³/mol. The largest absolute Gasteiger partial charge is 0.333 e. The van der Waals surface area contributed by atoms with Crippen molar-refractivity contribution in [3.05, 3.63) is 110 Å². The zero-order valence-electron chi connectivity index (χ0n) is 15.3. The number of nitrogens with zero attached hydrogens (tertiary/aromatic N) is 1. The molecule has 0 fully saturated rings. The van der Waals surface area contributed by atoms with E-state index in [1.165, 1.54) is 0 Å². The first kappa shape index (κ1) is 18.4. The van der Waals surface area contributed by atoms with E-state index >= 15 is 0 Å². The summed E-state index contributed by atoms with van der Waals surface area (Å²) in [7, 11) is 0. The normalized spacial score (nSPS) is 10.6. The van der Waals surface area contributed by atoms with Crippen LogP contribution in [0.15, 0.2) is 70.3 Å². The molecule has 1 heterocycles. The van der Waals surface area contributed by atoms with Crippen molar-refractivity contribution in [2.75, 3.05) is 0 Å². The maximum absolute atomic E-state index is 14.8. The maximum Gasteiger partial charge on any atom is 0.333 e. The third kappa shape index (κ3) is 3.34. The van der Waals surface area contributed by atoms with Gasteiger partial charge in [0.05, 0.1) is 10.9 Å². The summed E-state index contributed by atoms with van der Waals surface area (Å²) in [5.41, 5.74) is -0.765. The molecule has 0 saturated heterocycles. The van der Waals surface area contributed by atoms with E-state index < -0.39 is 28.6 Å². The number of aromatic nitrogens is 2. The number of nitrogens with one attached hydrogen (secondary N) is 1. The molecule has 0 unspecified atom stereocenters. The third-order valence-corrected chi connectivity index (χ3v) is 4.50. The second kappa shape index (κ2) is 7.21. The maximum atomic E-state index is 14.8. The summed E-state index contributed by atoms with van der Waals surface area (Å²) in [6.45, 7) is 1.68. The number of aromatic amines is 1. The van der Waals surface area contributed by atoms with Gasteiger partial charge in [-0.3, -0.25) is 4.79 Å². The fourth-order valence-corrected chi connectivity index (χ4v) is 3.15. The van der Waals surface area contributed by atoms with Gasteiger partial charge in [-0.2, -0.15) is 0 Å². The number of halogens is 2. The highest BCUT2D eigenvalue weighted by Crippen LogP contribution is 2.19. The Bertz CT molecular complexity index is 1400. The first-order chi connectivity index (χ1) is 14.0. The van der Waals surface area contributed by atoms with Crippen LogP contribution in [-0.4, -0.2) is 9.55 Å². The zero-order valence-corrected chi connectivity index (χ0v) is 15.3. The molecule has 4 rings (SSSR count). The molecule has 29 heavy (non-hydrogen) atoms. The van der Waals surface area contributed by atoms with E-state index in [0.29, 0.717) is 21.2 Å². The van der Waals surface area contributed by atoms with Gasteiger partial charge in [-0.1, -0.05) is 42.2 Å². The van der Waals surface area contributed by atoms with Gasteiger partial charge in [-0.25, -0.2) is 18.1 Å². The molecule has 1 aromatic heterocycles. The Labute approximate surface area is 164 Å². The average Bonchev–Trinajstić information content (AvgIpc) is 2.69. The number of rotatable bonds is 1. The second-order valence-electron chi connectivity index (χ2n) is 6.47. The summed E-state index contributed by atoms with van der Waals surface area (Å²) in [6.07, 6.45) is 0. The standard InChI is InChI=1S/C23H14F2N2O2/c1-14-6-5-9-19-20(14)22(28)27(23(29)26-19)21-17(24)12-16(13-18(21)25)11-10-15-7-3-2-4-8-15/h2-9,12-13H,1H3,(H,26,29). The quantitative estimate of drug-likeness (QED) is 0.506. The number of aryl methyl sites for hydroxylation is 1. The van der Waals surface area contributed by atoms with Gasteiger partial charge in [0.2, 0.25) is 0 Å². The summed E-state index contributed by atoms with van der Waals surface area (Å²) in [4.78, 5) is 27.8. The molecule has 0 aliphatic rings. The Balaban J connectivity index is 1.90. The average molecular weight is 388 g/mol. The zero-order chi connectivity index (χ0) is 20.5. The molecule has 142 valence electrons. The Hall–Kier alpha value is -3.98. The molecule has 4 aromatic rings. The predicted octanol–water partition coefficient (Wildman–Crippen LogP) is 3.67. The number of benzene rings is 3. The van der Waals surface area contributed by atoms with Gasteiger partial charge in [0.1, 0.15) is 5.69 Å². The molecule has 6 heteroatoms. The Morgan fingerprint density at radius 1 is 0.862 bits per heavy atom. The summed E-state index contributed by atoms with van der Waals surface area (Å²) >= 11 is 0. The molecule has 0 saturated carbocycles. The number of H-pyrrole nitrogens is 1. The van der Waals surface area contributed by atoms with Crippen LogP contribution in [0.3, 0.4) is 0 Å². The van der Waals surface area contributed by atoms with E-state index in [-0.39, 0.29) is 10.9 Å². The summed E-state index contributed by atoms with van der Waals surface area (Å²) in [6, 6.07) is 15.9. The van der Waals surface area contributed by atoms with Crippen molar-refractivity contribution in [3.8, 4) is 17.5 Å². The van der Waals surface area contributed by atoms with Gasteiger partial charge in [0.15, 0.2) is 11.6 Å². The summed E-state index contributed by atoms with van der Waals surface area (Å²) < 4.78 is 30.0. The SMILES string of the molecule is Cc1cccc2[nH]c(=O)n(-c3c(F)cc(C#Cc4ccccc4)cc3F)c(=O)c12. The summed E-state index contributed by atoms with van der Waals surface area (Å²) in [5, 5.41) is 0.193. The molecule has 0 bridgehead atoms. The van der Waals surface area contributed by atoms with Gasteiger partial charge in [-0.05, 0) is 42.8 Å². The van der Waals surface area contributed by atoms with E-state index in [4.69, 9.17) is 0 Å². The molecule has 4 nitrogen and oxygen atoms in total. The van der Waals surface area contributed by atoms with Crippen molar-refractivity contribution >= 4 is 10.9 Å². The van der Waals surface area contributed by atoms with E-state index in [1.54, 1.807) is 49.4 Å². The van der Waals surface area contributed by atoms with E-state index in [1.807, 2.05) is 6.07 Å². The minimum atomic E-state index is -1.05. The molecule has 0 aliphatic heterocycles. The second-order valence-corrected chi connectivity index (χ2v) is 6.47. The molecule has 0 amide bonds. The Kier molecular flexibility index (Phi) is 4.57. The highest BCUT2D eigenvalue weighted by atomic mass is 19.1. The van der Waals surface area contributed by atoms with Gasteiger partial charge in [-0.15, -0.1) is 0 Å². The van der Waals surface area contributed by atoms with E-state index in [9.17, 15) is 18.4 Å². The number of hydrogen-bond acceptors (Lipinski definition) is 2. The van der Waals surface area contributed by atoms with Crippen LogP contribution >= 0.6 is 0 Å². The smallest absolute Gasteiger partial charge is 0.306 e. The fraction of sp³-hybridized carbons (Fsp3) is 0.0435. The molecule has 0 atom stereocenters. The third-order valence-electron chi connectivity index (χ3n) is 4.50. The van der Waals surface area contributed by atoms with Crippen LogP contribution in [-0.2, 0) is 0 Å². The lowest BCUT2D eigenvalue weighted by Crippen LogP contribution is -2.35. The fourth-order valence-electron chi connectivity index (χ4n) is 3.15. The molecular weight excluding hydrogens is 374 g/mol. The van der Waals surface area contributed by atoms with Crippen molar-refractivity contribution in [1.82, 2.24) is 9.55 Å². The topological polar surface area (TPSA) is 54.9 Å². The van der Waals surface area contributed by atoms with E-state index in [2.05, 4.69) is 16.8 Å². The van der Waals surface area contributed by atoms with Gasteiger partial charge in [0, 0.05) is 11.1 Å². The molecule has 3 aromatic carbocycles. The lowest BCUT2D eigenvalue weighted by atomic mass is 10.1. The molecule has 1 N–H and O–H groups in total. The minimum Gasteiger partial charge on any atom is -0.306 e. The highest BCUT2D eigenvalue weighted by Gasteiger charge is 2.19. The van der Waals surface area contributed by atoms with Crippen molar-refractivity contribution in [1.29, 1.82) is 0 Å². The van der Waals surface area contributed by atoms with Crippen LogP contribution < -0.4 is 11.2 Å². The number of fused-ring (bicyclic) bond motifs is 1. The Morgan fingerprint density at radius 2 is 1.52 bits per heavy atom. The van der Waals surface area contributed by atoms with E-state index in [0.717, 1.165) is 12.1 Å². The van der Waals surface area contributed by atoms with Crippen molar-refractivity contribution in [3.63, 3.8) is 0 Å². The van der Waals surface area contributed by atoms with Crippen LogP contribution in [0.4, 0.5) is 8.78 Å². The van der Waals surface area contributed by atoms with Crippen LogP contribution in [0.5, 0.6) is 0 Å². The molecule has 0 aliphatic carbocycles. The molecule has 0 radical (unpaired) electrons. The first-order valence-electron chi connectivity index (χ1n) is 8.77. The van der Waals surface area contributed by atoms with Gasteiger partial charge in [0.25, 0.3) is 5.56 Å². The van der Waals surface area contributed by atoms with Crippen LogP contribution in [0.25, 0.3) is 16.6 Å². The van der Waals surface area contributed by atoms with Crippen molar-refractivity contribution < 1.29 is 8.78 Å². The first-order valence-corrected chi connectivity index (χ1v) is 8.77. The molecule has 0 spiro atoms. The summed E-state index contributed by atoms with van der Waals surface area (Å²) in [5.74, 6) is 3.39. The van der Waals surface area contributed by atoms with Crippen LogP contribution in [0.2, 0.25) is 0 Å². The lowest BCUT2D eigenvalue weighted by molar-refractivity contribution is 0.562. The lowest BCUT2D eigenvalue weighted by Gasteiger charge is -2.10. The monoisotopic (exact) mass is 388 g/mol. The Morgan fingerprint density at radius 3 is 2.21 bits per heavy atom. The number of hydrogen-bond donors (Lipinski definition) is 1. The highest BCUT2D eigenvalue weighted by molar-refractivity contribution is 5.81. The van der Waals surface area contributed by atoms with Crippen molar-refractivity contribution in [2.45, 2.75) is 6.92 Å². The molecular formula is C23H14F2N2O2. The van der Waals surface area contributed by atoms with Gasteiger partial charge >= 0.3 is 5.69 Å². The minimum absolute atomic E-state index is 0.0917. The van der Waals surface area contributed by atoms with Crippen LogP contribution in [0, 0.1) is 30.4 Å². The van der Waals surface area contributed by atoms with Crippen molar-refractivity contribution in [2.24, 2.45) is 0 Å². The van der Waals surface area contributed by atoms with Gasteiger partial charge < -0.3 is 4.98 Å².